The first-order valence-corrected chi connectivity index (χ1v) is 6.23. The van der Waals surface area contributed by atoms with Crippen LogP contribution in [0.5, 0.6) is 0 Å². The molecule has 0 radical (unpaired) electrons. The summed E-state index contributed by atoms with van der Waals surface area (Å²) in [5, 5.41) is 11.6. The van der Waals surface area contributed by atoms with Crippen molar-refractivity contribution in [2.45, 2.75) is 19.4 Å². The van der Waals surface area contributed by atoms with Crippen molar-refractivity contribution in [2.75, 3.05) is 13.1 Å². The molecule has 106 valence electrons. The predicted molar refractivity (Wildman–Crippen MR) is 69.3 cm³/mol. The third kappa shape index (κ3) is 3.11. The zero-order chi connectivity index (χ0) is 14.7. The molecule has 2 heterocycles. The predicted octanol–water partition coefficient (Wildman–Crippen LogP) is 0.130. The molecule has 1 aliphatic heterocycles. The van der Waals surface area contributed by atoms with Crippen molar-refractivity contribution in [2.24, 2.45) is 0 Å². The summed E-state index contributed by atoms with van der Waals surface area (Å²) >= 11 is 0. The fourth-order valence-electron chi connectivity index (χ4n) is 2.21. The van der Waals surface area contributed by atoms with Gasteiger partial charge in [0.2, 0.25) is 5.91 Å². The van der Waals surface area contributed by atoms with Crippen molar-refractivity contribution in [1.29, 1.82) is 0 Å². The maximum absolute atomic E-state index is 12.2. The Kier molecular flexibility index (Phi) is 3.97. The topological polar surface area (TPSA) is 99.6 Å². The number of pyridine rings is 1. The Hall–Kier alpha value is -2.44. The van der Waals surface area contributed by atoms with Crippen molar-refractivity contribution >= 4 is 17.8 Å². The second-order valence-corrected chi connectivity index (χ2v) is 4.67. The molecule has 1 aliphatic rings. The molecule has 1 saturated heterocycles. The number of carboxylic acid groups (broad SMARTS) is 1. The minimum Gasteiger partial charge on any atom is -0.477 e. The largest absolute Gasteiger partial charge is 0.477 e. The minimum atomic E-state index is -1.17. The fraction of sp³-hybridized carbons (Fsp3) is 0.385. The number of hydrogen-bond acceptors (Lipinski definition) is 4. The molecule has 1 fully saturated rings. The Morgan fingerprint density at radius 3 is 2.85 bits per heavy atom. The molecule has 1 aromatic rings. The molecule has 0 aliphatic carbocycles. The van der Waals surface area contributed by atoms with Gasteiger partial charge in [-0.25, -0.2) is 9.78 Å². The van der Waals surface area contributed by atoms with Gasteiger partial charge >= 0.3 is 5.97 Å². The molecule has 2 N–H and O–H groups in total. The van der Waals surface area contributed by atoms with E-state index in [4.69, 9.17) is 5.11 Å². The molecule has 2 rings (SSSR count). The number of rotatable bonds is 3. The zero-order valence-corrected chi connectivity index (χ0v) is 11.0. The summed E-state index contributed by atoms with van der Waals surface area (Å²) in [4.78, 5) is 39.3. The van der Waals surface area contributed by atoms with Crippen LogP contribution in [0.2, 0.25) is 0 Å². The maximum Gasteiger partial charge on any atom is 0.354 e. The van der Waals surface area contributed by atoms with Gasteiger partial charge in [-0.3, -0.25) is 9.59 Å². The van der Waals surface area contributed by atoms with Crippen LogP contribution in [0.25, 0.3) is 0 Å². The normalized spacial score (nSPS) is 17.9. The van der Waals surface area contributed by atoms with Crippen LogP contribution >= 0.6 is 0 Å². The maximum atomic E-state index is 12.2. The minimum absolute atomic E-state index is 0.0442. The molecule has 7 nitrogen and oxygen atoms in total. The first-order chi connectivity index (χ1) is 9.47. The van der Waals surface area contributed by atoms with Gasteiger partial charge in [0, 0.05) is 37.8 Å². The molecule has 0 saturated carbocycles. The molecular weight excluding hydrogens is 262 g/mol. The van der Waals surface area contributed by atoms with E-state index in [2.05, 4.69) is 10.3 Å². The highest BCUT2D eigenvalue weighted by molar-refractivity contribution is 5.96. The SMILES string of the molecule is CC(=O)NC1CCN(C(=O)c2ccnc(C(=O)O)c2)C1. The zero-order valence-electron chi connectivity index (χ0n) is 11.0. The lowest BCUT2D eigenvalue weighted by Gasteiger charge is -2.17. The number of carboxylic acids is 1. The molecule has 1 unspecified atom stereocenters. The highest BCUT2D eigenvalue weighted by atomic mass is 16.4. The second kappa shape index (κ2) is 5.68. The molecule has 2 amide bonds. The number of carbonyl (C=O) groups is 3. The van der Waals surface area contributed by atoms with Crippen molar-refractivity contribution in [1.82, 2.24) is 15.2 Å². The van der Waals surface area contributed by atoms with E-state index in [-0.39, 0.29) is 23.6 Å². The van der Waals surface area contributed by atoms with Gasteiger partial charge in [-0.15, -0.1) is 0 Å². The highest BCUT2D eigenvalue weighted by Gasteiger charge is 2.27. The number of carbonyl (C=O) groups excluding carboxylic acids is 2. The van der Waals surface area contributed by atoms with E-state index in [1.165, 1.54) is 25.3 Å². The van der Waals surface area contributed by atoms with Crippen molar-refractivity contribution < 1.29 is 19.5 Å². The molecule has 0 aromatic carbocycles. The summed E-state index contributed by atoms with van der Waals surface area (Å²) in [5.41, 5.74) is 0.134. The van der Waals surface area contributed by atoms with Gasteiger partial charge in [0.15, 0.2) is 0 Å². The van der Waals surface area contributed by atoms with Crippen LogP contribution in [0.4, 0.5) is 0 Å². The van der Waals surface area contributed by atoms with Crippen LogP contribution in [-0.4, -0.2) is 51.9 Å². The quantitative estimate of drug-likeness (QED) is 0.818. The van der Waals surface area contributed by atoms with Crippen LogP contribution in [-0.2, 0) is 4.79 Å². The molecule has 7 heteroatoms. The summed E-state index contributed by atoms with van der Waals surface area (Å²) in [5.74, 6) is -1.54. The Morgan fingerprint density at radius 2 is 2.20 bits per heavy atom. The lowest BCUT2D eigenvalue weighted by Crippen LogP contribution is -2.37. The Morgan fingerprint density at radius 1 is 1.45 bits per heavy atom. The number of likely N-dealkylation sites (tertiary alicyclic amines) is 1. The van der Waals surface area contributed by atoms with Crippen LogP contribution in [0, 0.1) is 0 Å². The Labute approximate surface area is 115 Å². The van der Waals surface area contributed by atoms with Gasteiger partial charge in [-0.1, -0.05) is 0 Å². The number of amides is 2. The van der Waals surface area contributed by atoms with Crippen LogP contribution < -0.4 is 5.32 Å². The third-order valence-corrected chi connectivity index (χ3v) is 3.11. The van der Waals surface area contributed by atoms with Gasteiger partial charge in [0.1, 0.15) is 5.69 Å². The summed E-state index contributed by atoms with van der Waals surface area (Å²) in [7, 11) is 0. The molecule has 20 heavy (non-hydrogen) atoms. The number of nitrogens with zero attached hydrogens (tertiary/aromatic N) is 2. The van der Waals surface area contributed by atoms with E-state index < -0.39 is 5.97 Å². The lowest BCUT2D eigenvalue weighted by atomic mass is 10.2. The first kappa shape index (κ1) is 14.0. The van der Waals surface area contributed by atoms with E-state index in [9.17, 15) is 14.4 Å². The number of aromatic carboxylic acids is 1. The van der Waals surface area contributed by atoms with Gasteiger partial charge in [0.05, 0.1) is 0 Å². The van der Waals surface area contributed by atoms with E-state index in [0.717, 1.165) is 0 Å². The van der Waals surface area contributed by atoms with E-state index in [1.807, 2.05) is 0 Å². The van der Waals surface area contributed by atoms with Crippen molar-refractivity contribution in [3.8, 4) is 0 Å². The average molecular weight is 277 g/mol. The summed E-state index contributed by atoms with van der Waals surface area (Å²) in [6.07, 6.45) is 2.00. The standard InChI is InChI=1S/C13H15N3O4/c1-8(17)15-10-3-5-16(7-10)12(18)9-2-4-14-11(6-9)13(19)20/h2,4,6,10H,3,5,7H2,1H3,(H,15,17)(H,19,20). The van der Waals surface area contributed by atoms with Gasteiger partial charge in [0.25, 0.3) is 5.91 Å². The lowest BCUT2D eigenvalue weighted by molar-refractivity contribution is -0.119. The van der Waals surface area contributed by atoms with E-state index in [0.29, 0.717) is 25.1 Å². The first-order valence-electron chi connectivity index (χ1n) is 6.23. The summed E-state index contributed by atoms with van der Waals surface area (Å²) < 4.78 is 0. The highest BCUT2D eigenvalue weighted by Crippen LogP contribution is 2.14. The van der Waals surface area contributed by atoms with Crippen LogP contribution in [0.15, 0.2) is 18.3 Å². The van der Waals surface area contributed by atoms with E-state index >= 15 is 0 Å². The number of hydrogen-bond donors (Lipinski definition) is 2. The Balaban J connectivity index is 2.07. The Bertz CT molecular complexity index is 558. The third-order valence-electron chi connectivity index (χ3n) is 3.11. The second-order valence-electron chi connectivity index (χ2n) is 4.67. The number of aromatic nitrogens is 1. The average Bonchev–Trinajstić information content (AvgIpc) is 2.85. The smallest absolute Gasteiger partial charge is 0.354 e. The summed E-state index contributed by atoms with van der Waals surface area (Å²) in [6, 6.07) is 2.70. The fourth-order valence-corrected chi connectivity index (χ4v) is 2.21. The molecule has 1 atom stereocenters. The summed E-state index contributed by atoms with van der Waals surface area (Å²) in [6.45, 7) is 2.41. The van der Waals surface area contributed by atoms with Crippen molar-refractivity contribution in [3.63, 3.8) is 0 Å². The monoisotopic (exact) mass is 277 g/mol. The van der Waals surface area contributed by atoms with Gasteiger partial charge < -0.3 is 15.3 Å². The van der Waals surface area contributed by atoms with Gasteiger partial charge in [-0.2, -0.15) is 0 Å². The van der Waals surface area contributed by atoms with Gasteiger partial charge in [-0.05, 0) is 18.6 Å². The number of nitrogens with one attached hydrogen (secondary N) is 1. The van der Waals surface area contributed by atoms with Crippen LogP contribution in [0.3, 0.4) is 0 Å². The van der Waals surface area contributed by atoms with Crippen LogP contribution in [0.1, 0.15) is 34.2 Å². The molecule has 1 aromatic heterocycles. The van der Waals surface area contributed by atoms with E-state index in [1.54, 1.807) is 4.90 Å². The molecular formula is C13H15N3O4. The molecule has 0 bridgehead atoms. The molecule has 0 spiro atoms. The van der Waals surface area contributed by atoms with Crippen molar-refractivity contribution in [3.05, 3.63) is 29.6 Å².